The molecular formula is C11H16BrFN2. The molecule has 0 amide bonds. The molecule has 4 heteroatoms. The molecule has 1 aromatic carbocycles. The fourth-order valence-electron chi connectivity index (χ4n) is 1.35. The van der Waals surface area contributed by atoms with Crippen molar-refractivity contribution in [2.24, 2.45) is 0 Å². The molecule has 1 aromatic rings. The number of hydrogen-bond donors (Lipinski definition) is 2. The summed E-state index contributed by atoms with van der Waals surface area (Å²) in [5, 5.41) is 6.31. The summed E-state index contributed by atoms with van der Waals surface area (Å²) in [6.07, 6.45) is 0. The van der Waals surface area contributed by atoms with E-state index in [1.165, 1.54) is 0 Å². The van der Waals surface area contributed by atoms with E-state index in [9.17, 15) is 4.39 Å². The number of rotatable bonds is 5. The van der Waals surface area contributed by atoms with E-state index in [2.05, 4.69) is 33.5 Å². The van der Waals surface area contributed by atoms with E-state index in [0.29, 0.717) is 22.6 Å². The van der Waals surface area contributed by atoms with Crippen LogP contribution in [0.15, 0.2) is 22.7 Å². The van der Waals surface area contributed by atoms with Crippen molar-refractivity contribution in [3.63, 3.8) is 0 Å². The Morgan fingerprint density at radius 2 is 2.20 bits per heavy atom. The molecule has 0 aromatic heterocycles. The Balaban J connectivity index is 2.54. The molecule has 0 aliphatic rings. The van der Waals surface area contributed by atoms with E-state index in [4.69, 9.17) is 0 Å². The first-order chi connectivity index (χ1) is 7.15. The lowest BCUT2D eigenvalue weighted by atomic mass is 10.2. The molecule has 2 nitrogen and oxygen atoms in total. The van der Waals surface area contributed by atoms with Crippen molar-refractivity contribution < 1.29 is 4.39 Å². The Morgan fingerprint density at radius 1 is 1.47 bits per heavy atom. The van der Waals surface area contributed by atoms with Crippen molar-refractivity contribution in [3.8, 4) is 0 Å². The highest BCUT2D eigenvalue weighted by Gasteiger charge is 2.06. The van der Waals surface area contributed by atoms with Crippen LogP contribution in [0, 0.1) is 5.82 Å². The number of nitrogens with one attached hydrogen (secondary N) is 2. The molecule has 0 spiro atoms. The zero-order valence-electron chi connectivity index (χ0n) is 8.98. The zero-order chi connectivity index (χ0) is 11.3. The molecule has 1 unspecified atom stereocenters. The lowest BCUT2D eigenvalue weighted by Gasteiger charge is -2.13. The fraction of sp³-hybridized carbons (Fsp3) is 0.455. The van der Waals surface area contributed by atoms with Crippen molar-refractivity contribution in [2.45, 2.75) is 19.5 Å². The predicted octanol–water partition coefficient (Wildman–Crippen LogP) is 2.29. The highest BCUT2D eigenvalue weighted by Crippen LogP contribution is 2.18. The monoisotopic (exact) mass is 274 g/mol. The van der Waals surface area contributed by atoms with Gasteiger partial charge in [-0.2, -0.15) is 0 Å². The maximum Gasteiger partial charge on any atom is 0.141 e. The van der Waals surface area contributed by atoms with Crippen molar-refractivity contribution in [2.75, 3.05) is 13.6 Å². The van der Waals surface area contributed by atoms with Gasteiger partial charge in [0.05, 0.1) is 4.47 Å². The van der Waals surface area contributed by atoms with Crippen LogP contribution >= 0.6 is 15.9 Å². The van der Waals surface area contributed by atoms with Crippen LogP contribution in [0.5, 0.6) is 0 Å². The molecule has 2 N–H and O–H groups in total. The van der Waals surface area contributed by atoms with Crippen LogP contribution in [0.25, 0.3) is 0 Å². The van der Waals surface area contributed by atoms with Gasteiger partial charge in [-0.1, -0.05) is 12.1 Å². The molecule has 0 saturated heterocycles. The quantitative estimate of drug-likeness (QED) is 0.861. The number of hydrogen-bond acceptors (Lipinski definition) is 2. The van der Waals surface area contributed by atoms with E-state index in [1.807, 2.05) is 13.1 Å². The van der Waals surface area contributed by atoms with Gasteiger partial charge in [-0.25, -0.2) is 4.39 Å². The number of likely N-dealkylation sites (N-methyl/N-ethyl adjacent to an activating group) is 1. The average molecular weight is 275 g/mol. The first-order valence-corrected chi connectivity index (χ1v) is 5.75. The largest absolute Gasteiger partial charge is 0.318 e. The Kier molecular flexibility index (Phi) is 5.22. The van der Waals surface area contributed by atoms with E-state index in [0.717, 1.165) is 6.54 Å². The van der Waals surface area contributed by atoms with Gasteiger partial charge in [0.2, 0.25) is 0 Å². The van der Waals surface area contributed by atoms with Gasteiger partial charge in [-0.05, 0) is 36.0 Å². The summed E-state index contributed by atoms with van der Waals surface area (Å²) >= 11 is 3.17. The van der Waals surface area contributed by atoms with Crippen molar-refractivity contribution >= 4 is 15.9 Å². The molecule has 0 heterocycles. The Hall–Kier alpha value is -0.450. The molecule has 1 rings (SSSR count). The Labute approximate surface area is 98.4 Å². The summed E-state index contributed by atoms with van der Waals surface area (Å²) in [6, 6.07) is 5.66. The van der Waals surface area contributed by atoms with Crippen LogP contribution in [-0.4, -0.2) is 19.6 Å². The second-order valence-corrected chi connectivity index (χ2v) is 4.41. The van der Waals surface area contributed by atoms with Gasteiger partial charge in [-0.15, -0.1) is 0 Å². The van der Waals surface area contributed by atoms with Gasteiger partial charge >= 0.3 is 0 Å². The van der Waals surface area contributed by atoms with Crippen LogP contribution in [0.4, 0.5) is 4.39 Å². The standard InChI is InChI=1S/C11H16BrFN2/c1-8(6-14-2)15-7-9-4-3-5-10(12)11(9)13/h3-5,8,14-15H,6-7H2,1-2H3. The van der Waals surface area contributed by atoms with Crippen molar-refractivity contribution in [1.29, 1.82) is 0 Å². The minimum atomic E-state index is -0.179. The SMILES string of the molecule is CNCC(C)NCc1cccc(Br)c1F. The van der Waals surface area contributed by atoms with Crippen LogP contribution < -0.4 is 10.6 Å². The van der Waals surface area contributed by atoms with E-state index in [-0.39, 0.29) is 5.82 Å². The third-order valence-corrected chi connectivity index (χ3v) is 2.80. The normalized spacial score (nSPS) is 12.8. The third kappa shape index (κ3) is 3.89. The molecule has 84 valence electrons. The van der Waals surface area contributed by atoms with Gasteiger partial charge in [0.1, 0.15) is 5.82 Å². The first kappa shape index (κ1) is 12.6. The molecule has 1 atom stereocenters. The Morgan fingerprint density at radius 3 is 2.87 bits per heavy atom. The second kappa shape index (κ2) is 6.20. The van der Waals surface area contributed by atoms with Gasteiger partial charge in [0.15, 0.2) is 0 Å². The lowest BCUT2D eigenvalue weighted by molar-refractivity contribution is 0.508. The minimum Gasteiger partial charge on any atom is -0.318 e. The van der Waals surface area contributed by atoms with Crippen molar-refractivity contribution in [1.82, 2.24) is 10.6 Å². The summed E-state index contributed by atoms with van der Waals surface area (Å²) < 4.78 is 14.1. The van der Waals surface area contributed by atoms with Gasteiger partial charge in [-0.3, -0.25) is 0 Å². The van der Waals surface area contributed by atoms with Crippen LogP contribution in [-0.2, 0) is 6.54 Å². The Bertz CT molecular complexity index is 317. The predicted molar refractivity (Wildman–Crippen MR) is 64.3 cm³/mol. The fourth-order valence-corrected chi connectivity index (χ4v) is 1.75. The van der Waals surface area contributed by atoms with Crippen LogP contribution in [0.2, 0.25) is 0 Å². The zero-order valence-corrected chi connectivity index (χ0v) is 10.6. The molecule has 15 heavy (non-hydrogen) atoms. The van der Waals surface area contributed by atoms with E-state index >= 15 is 0 Å². The number of benzene rings is 1. The topological polar surface area (TPSA) is 24.1 Å². The summed E-state index contributed by atoms with van der Waals surface area (Å²) in [4.78, 5) is 0. The summed E-state index contributed by atoms with van der Waals surface area (Å²) in [7, 11) is 1.90. The molecule has 0 saturated carbocycles. The van der Waals surface area contributed by atoms with E-state index < -0.39 is 0 Å². The highest BCUT2D eigenvalue weighted by atomic mass is 79.9. The second-order valence-electron chi connectivity index (χ2n) is 3.55. The van der Waals surface area contributed by atoms with Gasteiger partial charge < -0.3 is 10.6 Å². The van der Waals surface area contributed by atoms with Gasteiger partial charge in [0, 0.05) is 24.7 Å². The van der Waals surface area contributed by atoms with E-state index in [1.54, 1.807) is 12.1 Å². The minimum absolute atomic E-state index is 0.179. The highest BCUT2D eigenvalue weighted by molar-refractivity contribution is 9.10. The first-order valence-electron chi connectivity index (χ1n) is 4.96. The van der Waals surface area contributed by atoms with Crippen LogP contribution in [0.3, 0.4) is 0 Å². The third-order valence-electron chi connectivity index (χ3n) is 2.18. The summed E-state index contributed by atoms with van der Waals surface area (Å²) in [6.45, 7) is 3.48. The molecular weight excluding hydrogens is 259 g/mol. The van der Waals surface area contributed by atoms with Crippen molar-refractivity contribution in [3.05, 3.63) is 34.1 Å². The maximum absolute atomic E-state index is 13.5. The number of halogens is 2. The summed E-state index contributed by atoms with van der Waals surface area (Å²) in [5.74, 6) is -0.179. The maximum atomic E-state index is 13.5. The lowest BCUT2D eigenvalue weighted by Crippen LogP contribution is -2.34. The molecule has 0 radical (unpaired) electrons. The molecule has 0 aliphatic carbocycles. The van der Waals surface area contributed by atoms with Gasteiger partial charge in [0.25, 0.3) is 0 Å². The smallest absolute Gasteiger partial charge is 0.141 e. The summed E-state index contributed by atoms with van der Waals surface area (Å²) in [5.41, 5.74) is 0.687. The van der Waals surface area contributed by atoms with Crippen LogP contribution in [0.1, 0.15) is 12.5 Å². The molecule has 0 fully saturated rings. The molecule has 0 bridgehead atoms. The average Bonchev–Trinajstić information content (AvgIpc) is 2.21. The molecule has 0 aliphatic heterocycles.